The maximum Gasteiger partial charge on any atom is 0.399 e. The number of nitrogens with one attached hydrogen (secondary N) is 1. The number of hydrogen-bond donors (Lipinski definition) is 1. The van der Waals surface area contributed by atoms with E-state index in [1.54, 1.807) is 18.2 Å². The van der Waals surface area contributed by atoms with Gasteiger partial charge in [-0.2, -0.15) is 13.2 Å². The van der Waals surface area contributed by atoms with Crippen molar-refractivity contribution in [3.8, 4) is 0 Å². The summed E-state index contributed by atoms with van der Waals surface area (Å²) in [5.74, 6) is -2.33. The Kier molecular flexibility index (Phi) is 8.12. The molecule has 2 fully saturated rings. The number of allylic oxidation sites excluding steroid dienone is 1. The van der Waals surface area contributed by atoms with E-state index in [-0.39, 0.29) is 44.8 Å². The molecule has 2 aliphatic rings. The third-order valence-corrected chi connectivity index (χ3v) is 8.15. The molecule has 1 N–H and O–H groups in total. The fraction of sp³-hybridized carbons (Fsp3) is 0.360. The third-order valence-electron chi connectivity index (χ3n) is 6.30. The topological polar surface area (TPSA) is 55.4 Å². The molecule has 0 radical (unpaired) electrons. The molecule has 0 aromatic heterocycles. The summed E-state index contributed by atoms with van der Waals surface area (Å²) in [6.07, 6.45) is -0.970. The first-order chi connectivity index (χ1) is 16.9. The number of rotatable bonds is 8. The molecule has 192 valence electrons. The molecule has 2 aromatic rings. The van der Waals surface area contributed by atoms with Crippen LogP contribution >= 0.6 is 50.7 Å². The first-order valence-electron chi connectivity index (χ1n) is 11.0. The van der Waals surface area contributed by atoms with E-state index in [0.717, 1.165) is 18.2 Å². The fourth-order valence-corrected chi connectivity index (χ4v) is 5.16. The van der Waals surface area contributed by atoms with E-state index >= 15 is 0 Å². The molecule has 0 spiro atoms. The Morgan fingerprint density at radius 3 is 2.28 bits per heavy atom. The van der Waals surface area contributed by atoms with Gasteiger partial charge in [0.05, 0.1) is 45.7 Å². The van der Waals surface area contributed by atoms with Gasteiger partial charge in [0.25, 0.3) is 0 Å². The van der Waals surface area contributed by atoms with Gasteiger partial charge >= 0.3 is 6.18 Å². The summed E-state index contributed by atoms with van der Waals surface area (Å²) >= 11 is 21.1. The minimum Gasteiger partial charge on any atom is -0.377 e. The lowest BCUT2D eigenvalue weighted by Gasteiger charge is -2.28. The maximum absolute atomic E-state index is 13.8. The molecule has 1 saturated carbocycles. The minimum absolute atomic E-state index is 0.0108. The standard InChI is InChI=1S/C25H20BrCl3F3NO3/c26-18-7-13(2-4-17(25(30,31)32)14-8-19(27)22(29)20(28)9-14)1-3-16(18)21(34)10-24(5-6-24)23(35)33-15-11-36-12-15/h1-4,7-9,15,17H,5-6,10-12H2,(H,33,35)/b4-2+. The van der Waals surface area contributed by atoms with Crippen LogP contribution in [0, 0.1) is 5.41 Å². The summed E-state index contributed by atoms with van der Waals surface area (Å²) in [4.78, 5) is 25.5. The maximum atomic E-state index is 13.8. The summed E-state index contributed by atoms with van der Waals surface area (Å²) in [6, 6.07) is 6.91. The van der Waals surface area contributed by atoms with Crippen molar-refractivity contribution >= 4 is 68.5 Å². The van der Waals surface area contributed by atoms with E-state index in [0.29, 0.717) is 41.7 Å². The lowest BCUT2D eigenvalue weighted by molar-refractivity contribution is -0.139. The molecule has 2 aromatic carbocycles. The molecule has 36 heavy (non-hydrogen) atoms. The van der Waals surface area contributed by atoms with Crippen molar-refractivity contribution in [2.24, 2.45) is 5.41 Å². The van der Waals surface area contributed by atoms with Crippen LogP contribution in [0.4, 0.5) is 13.2 Å². The van der Waals surface area contributed by atoms with Crippen LogP contribution in [0.1, 0.15) is 46.7 Å². The average Bonchev–Trinajstić information content (AvgIpc) is 3.54. The van der Waals surface area contributed by atoms with Gasteiger partial charge in [-0.15, -0.1) is 0 Å². The summed E-state index contributed by atoms with van der Waals surface area (Å²) in [6.45, 7) is 0.952. The second kappa shape index (κ2) is 10.7. The molecule has 1 aliphatic heterocycles. The van der Waals surface area contributed by atoms with Gasteiger partial charge in [-0.3, -0.25) is 9.59 Å². The lowest BCUT2D eigenvalue weighted by Crippen LogP contribution is -2.51. The van der Waals surface area contributed by atoms with Crippen LogP contribution in [-0.2, 0) is 9.53 Å². The van der Waals surface area contributed by atoms with E-state index in [4.69, 9.17) is 39.5 Å². The number of alkyl halides is 3. The van der Waals surface area contributed by atoms with Crippen LogP contribution in [0.15, 0.2) is 40.9 Å². The largest absolute Gasteiger partial charge is 0.399 e. The molecule has 4 nitrogen and oxygen atoms in total. The Morgan fingerprint density at radius 2 is 1.78 bits per heavy atom. The second-order valence-corrected chi connectivity index (χ2v) is 11.1. The molecule has 1 unspecified atom stereocenters. The zero-order valence-corrected chi connectivity index (χ0v) is 22.5. The Hall–Kier alpha value is -1.58. The van der Waals surface area contributed by atoms with Crippen molar-refractivity contribution in [1.82, 2.24) is 5.32 Å². The van der Waals surface area contributed by atoms with E-state index in [1.165, 1.54) is 6.08 Å². The van der Waals surface area contributed by atoms with E-state index < -0.39 is 17.5 Å². The van der Waals surface area contributed by atoms with Crippen molar-refractivity contribution in [3.05, 3.63) is 72.6 Å². The zero-order chi connectivity index (χ0) is 26.3. The second-order valence-electron chi connectivity index (χ2n) is 9.00. The number of ether oxygens (including phenoxy) is 1. The quantitative estimate of drug-likeness (QED) is 0.242. The normalized spacial score (nSPS) is 18.1. The van der Waals surface area contributed by atoms with Crippen LogP contribution in [0.2, 0.25) is 15.1 Å². The SMILES string of the molecule is O=C(CC1(C(=O)NC2COC2)CC1)c1ccc(/C=C/C(c2cc(Cl)c(Cl)c(Cl)c2)C(F)(F)F)cc1Br. The summed E-state index contributed by atoms with van der Waals surface area (Å²) in [5.41, 5.74) is -0.0406. The molecule has 1 atom stereocenters. The number of amides is 1. The van der Waals surface area contributed by atoms with Gasteiger partial charge in [0.15, 0.2) is 5.78 Å². The molecular formula is C25H20BrCl3F3NO3. The van der Waals surface area contributed by atoms with Gasteiger partial charge in [-0.25, -0.2) is 0 Å². The van der Waals surface area contributed by atoms with Crippen LogP contribution < -0.4 is 5.32 Å². The van der Waals surface area contributed by atoms with Crippen LogP contribution in [0.25, 0.3) is 6.08 Å². The van der Waals surface area contributed by atoms with Gasteiger partial charge in [-0.05, 0) is 48.2 Å². The van der Waals surface area contributed by atoms with Crippen LogP contribution in [0.3, 0.4) is 0 Å². The van der Waals surface area contributed by atoms with Gasteiger partial charge < -0.3 is 10.1 Å². The highest BCUT2D eigenvalue weighted by atomic mass is 79.9. The van der Waals surface area contributed by atoms with E-state index in [9.17, 15) is 22.8 Å². The van der Waals surface area contributed by atoms with Crippen molar-refractivity contribution in [2.45, 2.75) is 37.4 Å². The minimum atomic E-state index is -4.60. The first kappa shape index (κ1) is 27.5. The monoisotopic (exact) mass is 623 g/mol. The Balaban J connectivity index is 1.49. The van der Waals surface area contributed by atoms with E-state index in [2.05, 4.69) is 21.2 Å². The van der Waals surface area contributed by atoms with Gasteiger partial charge in [-0.1, -0.05) is 69.0 Å². The molecule has 1 saturated heterocycles. The third kappa shape index (κ3) is 6.10. The highest BCUT2D eigenvalue weighted by Crippen LogP contribution is 2.50. The highest BCUT2D eigenvalue weighted by Gasteiger charge is 2.51. The van der Waals surface area contributed by atoms with Gasteiger partial charge in [0.1, 0.15) is 0 Å². The molecule has 4 rings (SSSR count). The van der Waals surface area contributed by atoms with Crippen molar-refractivity contribution in [2.75, 3.05) is 13.2 Å². The van der Waals surface area contributed by atoms with Gasteiger partial charge in [0.2, 0.25) is 5.91 Å². The van der Waals surface area contributed by atoms with E-state index in [1.807, 2.05) is 0 Å². The molecule has 1 amide bonds. The average molecular weight is 626 g/mol. The molecule has 0 bridgehead atoms. The van der Waals surface area contributed by atoms with Crippen LogP contribution in [-0.4, -0.2) is 37.1 Å². The number of ketones is 1. The lowest BCUT2D eigenvalue weighted by atomic mass is 9.93. The van der Waals surface area contributed by atoms with Crippen LogP contribution in [0.5, 0.6) is 0 Å². The molecule has 11 heteroatoms. The predicted octanol–water partition coefficient (Wildman–Crippen LogP) is 7.64. The summed E-state index contributed by atoms with van der Waals surface area (Å²) < 4.78 is 46.9. The van der Waals surface area contributed by atoms with Gasteiger partial charge in [0, 0.05) is 16.5 Å². The number of Topliss-reactive ketones (excluding diaryl/α,β-unsaturated/α-hetero) is 1. The van der Waals surface area contributed by atoms with Crippen molar-refractivity contribution in [1.29, 1.82) is 0 Å². The number of carbonyl (C=O) groups excluding carboxylic acids is 2. The van der Waals surface area contributed by atoms with Crippen molar-refractivity contribution < 1.29 is 27.5 Å². The highest BCUT2D eigenvalue weighted by molar-refractivity contribution is 9.10. The summed E-state index contributed by atoms with van der Waals surface area (Å²) in [5, 5.41) is 2.75. The molecule has 1 aliphatic carbocycles. The Morgan fingerprint density at radius 1 is 1.14 bits per heavy atom. The zero-order valence-electron chi connectivity index (χ0n) is 18.6. The molecule has 1 heterocycles. The Labute approximate surface area is 229 Å². The smallest absolute Gasteiger partial charge is 0.377 e. The first-order valence-corrected chi connectivity index (χ1v) is 12.9. The Bertz CT molecular complexity index is 1200. The fourth-order valence-electron chi connectivity index (χ4n) is 3.93. The molecular weight excluding hydrogens is 606 g/mol. The number of halogens is 7. The summed E-state index contributed by atoms with van der Waals surface area (Å²) in [7, 11) is 0. The number of hydrogen-bond acceptors (Lipinski definition) is 3. The number of carbonyl (C=O) groups is 2. The predicted molar refractivity (Wildman–Crippen MR) is 137 cm³/mol. The number of benzene rings is 2. The van der Waals surface area contributed by atoms with Crippen molar-refractivity contribution in [3.63, 3.8) is 0 Å².